The fourth-order valence-corrected chi connectivity index (χ4v) is 8.93. The van der Waals surface area contributed by atoms with Crippen LogP contribution < -0.4 is 5.32 Å². The van der Waals surface area contributed by atoms with E-state index in [0.29, 0.717) is 25.9 Å². The first kappa shape index (κ1) is 61.6. The highest BCUT2D eigenvalue weighted by molar-refractivity contribution is 5.76. The molecule has 0 fully saturated rings. The van der Waals surface area contributed by atoms with E-state index in [1.807, 2.05) is 0 Å². The van der Waals surface area contributed by atoms with E-state index in [0.717, 1.165) is 38.5 Å². The number of hydrogen-bond donors (Lipinski definition) is 3. The van der Waals surface area contributed by atoms with Crippen molar-refractivity contribution in [3.8, 4) is 0 Å². The van der Waals surface area contributed by atoms with E-state index in [2.05, 4.69) is 31.3 Å². The van der Waals surface area contributed by atoms with Crippen LogP contribution in [0.4, 0.5) is 0 Å². The quantitative estimate of drug-likeness (QED) is 0.0321. The summed E-state index contributed by atoms with van der Waals surface area (Å²) in [5.74, 6) is -0.0345. The van der Waals surface area contributed by atoms with Crippen molar-refractivity contribution in [3.63, 3.8) is 0 Å². The van der Waals surface area contributed by atoms with Crippen LogP contribution in [0.15, 0.2) is 12.2 Å². The molecule has 0 aliphatic carbocycles. The minimum Gasteiger partial charge on any atom is -0.466 e. The number of aliphatic hydroxyl groups is 2. The van der Waals surface area contributed by atoms with E-state index in [1.165, 1.54) is 244 Å². The summed E-state index contributed by atoms with van der Waals surface area (Å²) in [6.45, 7) is 4.95. The van der Waals surface area contributed by atoms with Gasteiger partial charge in [0.1, 0.15) is 0 Å². The molecular formula is C57H111NO5. The third kappa shape index (κ3) is 49.9. The largest absolute Gasteiger partial charge is 0.466 e. The Morgan fingerprint density at radius 1 is 0.429 bits per heavy atom. The molecule has 0 bridgehead atoms. The number of carbonyl (C=O) groups is 2. The molecule has 1 amide bonds. The van der Waals surface area contributed by atoms with Gasteiger partial charge in [0.05, 0.1) is 25.4 Å². The average Bonchev–Trinajstić information content (AvgIpc) is 3.28. The molecule has 63 heavy (non-hydrogen) atoms. The highest BCUT2D eigenvalue weighted by Gasteiger charge is 2.20. The zero-order chi connectivity index (χ0) is 45.8. The van der Waals surface area contributed by atoms with E-state index in [4.69, 9.17) is 4.74 Å². The predicted octanol–water partition coefficient (Wildman–Crippen LogP) is 17.3. The van der Waals surface area contributed by atoms with Crippen LogP contribution in [0.5, 0.6) is 0 Å². The van der Waals surface area contributed by atoms with Crippen LogP contribution in [0.3, 0.4) is 0 Å². The zero-order valence-electron chi connectivity index (χ0n) is 42.6. The second-order valence-corrected chi connectivity index (χ2v) is 19.6. The van der Waals surface area contributed by atoms with Crippen LogP contribution >= 0.6 is 0 Å². The maximum Gasteiger partial charge on any atom is 0.305 e. The van der Waals surface area contributed by atoms with E-state index < -0.39 is 12.1 Å². The molecule has 0 aromatic heterocycles. The van der Waals surface area contributed by atoms with Crippen molar-refractivity contribution < 1.29 is 24.5 Å². The topological polar surface area (TPSA) is 95.9 Å². The molecule has 0 heterocycles. The molecule has 0 aromatic carbocycles. The SMILES string of the molecule is CCCCCCCCCCCCCCCC(=O)OCCCCCCCCCCC/C=C\CCCCCCCCCC(=O)NC(CO)C(O)CCCCCCCCCCCCCCC. The van der Waals surface area contributed by atoms with Gasteiger partial charge in [-0.1, -0.05) is 264 Å². The van der Waals surface area contributed by atoms with E-state index in [-0.39, 0.29) is 18.5 Å². The number of allylic oxidation sites excluding steroid dienone is 2. The Morgan fingerprint density at radius 3 is 1.13 bits per heavy atom. The predicted molar refractivity (Wildman–Crippen MR) is 273 cm³/mol. The number of aliphatic hydroxyl groups excluding tert-OH is 2. The molecule has 0 aliphatic rings. The fraction of sp³-hybridized carbons (Fsp3) is 0.930. The standard InChI is InChI=1S/C57H111NO5/c1-3-5-7-9-11-13-15-25-29-33-37-41-45-49-55(60)54(53-59)58-56(61)50-46-42-38-34-30-27-23-21-19-17-18-20-22-24-28-32-36-40-44-48-52-63-57(62)51-47-43-39-35-31-26-16-14-12-10-8-6-4-2/h17,19,54-55,59-60H,3-16,18,20-53H2,1-2H3,(H,58,61)/b19-17-. The van der Waals surface area contributed by atoms with Gasteiger partial charge < -0.3 is 20.3 Å². The molecule has 0 radical (unpaired) electrons. The third-order valence-corrected chi connectivity index (χ3v) is 13.3. The number of nitrogens with one attached hydrogen (secondary N) is 1. The Kier molecular flexibility index (Phi) is 52.0. The van der Waals surface area contributed by atoms with Gasteiger partial charge >= 0.3 is 5.97 Å². The minimum atomic E-state index is -0.668. The Balaban J connectivity index is 3.42. The number of ether oxygens (including phenoxy) is 1. The number of rotatable bonds is 53. The lowest BCUT2D eigenvalue weighted by Gasteiger charge is -2.22. The molecule has 0 saturated carbocycles. The van der Waals surface area contributed by atoms with Crippen molar-refractivity contribution in [2.75, 3.05) is 13.2 Å². The molecule has 2 unspecified atom stereocenters. The summed E-state index contributed by atoms with van der Waals surface area (Å²) in [7, 11) is 0. The summed E-state index contributed by atoms with van der Waals surface area (Å²) in [4.78, 5) is 24.5. The van der Waals surface area contributed by atoms with Crippen LogP contribution in [0.25, 0.3) is 0 Å². The van der Waals surface area contributed by atoms with E-state index >= 15 is 0 Å². The first-order chi connectivity index (χ1) is 31.0. The molecule has 0 spiro atoms. The highest BCUT2D eigenvalue weighted by Crippen LogP contribution is 2.17. The van der Waals surface area contributed by atoms with Crippen molar-refractivity contribution in [2.45, 2.75) is 328 Å². The summed E-state index contributed by atoms with van der Waals surface area (Å²) in [6, 6.07) is -0.546. The lowest BCUT2D eigenvalue weighted by molar-refractivity contribution is -0.143. The molecule has 0 saturated heterocycles. The number of amides is 1. The van der Waals surface area contributed by atoms with E-state index in [1.54, 1.807) is 0 Å². The monoisotopic (exact) mass is 890 g/mol. The van der Waals surface area contributed by atoms with Gasteiger partial charge in [-0.3, -0.25) is 9.59 Å². The number of carbonyl (C=O) groups excluding carboxylic acids is 2. The lowest BCUT2D eigenvalue weighted by atomic mass is 10.0. The third-order valence-electron chi connectivity index (χ3n) is 13.3. The molecule has 6 heteroatoms. The van der Waals surface area contributed by atoms with Crippen LogP contribution in [0, 0.1) is 0 Å². The van der Waals surface area contributed by atoms with Gasteiger partial charge in [-0.2, -0.15) is 0 Å². The van der Waals surface area contributed by atoms with Crippen molar-refractivity contribution in [2.24, 2.45) is 0 Å². The highest BCUT2D eigenvalue weighted by atomic mass is 16.5. The minimum absolute atomic E-state index is 0.00810. The number of esters is 1. The summed E-state index contributed by atoms with van der Waals surface area (Å²) in [5.41, 5.74) is 0. The van der Waals surface area contributed by atoms with Crippen molar-refractivity contribution in [1.82, 2.24) is 5.32 Å². The molecule has 3 N–H and O–H groups in total. The second kappa shape index (κ2) is 53.2. The summed E-state index contributed by atoms with van der Waals surface area (Å²) >= 11 is 0. The summed E-state index contributed by atoms with van der Waals surface area (Å²) in [5, 5.41) is 23.2. The van der Waals surface area contributed by atoms with Gasteiger partial charge in [0, 0.05) is 12.8 Å². The molecule has 0 aliphatic heterocycles. The maximum absolute atomic E-state index is 12.4. The number of unbranched alkanes of at least 4 members (excludes halogenated alkanes) is 40. The van der Waals surface area contributed by atoms with Crippen molar-refractivity contribution in [3.05, 3.63) is 12.2 Å². The van der Waals surface area contributed by atoms with Crippen LogP contribution in [-0.4, -0.2) is 47.4 Å². The fourth-order valence-electron chi connectivity index (χ4n) is 8.93. The first-order valence-electron chi connectivity index (χ1n) is 28.4. The maximum atomic E-state index is 12.4. The van der Waals surface area contributed by atoms with Crippen LogP contribution in [0.1, 0.15) is 316 Å². The van der Waals surface area contributed by atoms with Gasteiger partial charge in [0.25, 0.3) is 0 Å². The van der Waals surface area contributed by atoms with Gasteiger partial charge in [-0.15, -0.1) is 0 Å². The van der Waals surface area contributed by atoms with Gasteiger partial charge in [-0.05, 0) is 51.4 Å². The van der Waals surface area contributed by atoms with Gasteiger partial charge in [0.15, 0.2) is 0 Å². The van der Waals surface area contributed by atoms with Gasteiger partial charge in [0.2, 0.25) is 5.91 Å². The molecule has 6 nitrogen and oxygen atoms in total. The molecular weight excluding hydrogens is 779 g/mol. The normalized spacial score (nSPS) is 12.6. The first-order valence-corrected chi connectivity index (χ1v) is 28.4. The van der Waals surface area contributed by atoms with E-state index in [9.17, 15) is 19.8 Å². The second-order valence-electron chi connectivity index (χ2n) is 19.6. The molecule has 2 atom stereocenters. The summed E-state index contributed by atoms with van der Waals surface area (Å²) in [6.07, 6.45) is 62.0. The van der Waals surface area contributed by atoms with Crippen LogP contribution in [0.2, 0.25) is 0 Å². The summed E-state index contributed by atoms with van der Waals surface area (Å²) < 4.78 is 5.47. The Labute approximate surface area is 393 Å². The molecule has 0 rings (SSSR count). The Hall–Kier alpha value is -1.40. The van der Waals surface area contributed by atoms with Crippen LogP contribution in [-0.2, 0) is 14.3 Å². The van der Waals surface area contributed by atoms with Gasteiger partial charge in [-0.25, -0.2) is 0 Å². The van der Waals surface area contributed by atoms with Crippen molar-refractivity contribution in [1.29, 1.82) is 0 Å². The number of hydrogen-bond acceptors (Lipinski definition) is 5. The smallest absolute Gasteiger partial charge is 0.305 e. The zero-order valence-corrected chi connectivity index (χ0v) is 42.6. The lowest BCUT2D eigenvalue weighted by Crippen LogP contribution is -2.45. The Morgan fingerprint density at radius 2 is 0.746 bits per heavy atom. The average molecular weight is 891 g/mol. The Bertz CT molecular complexity index is 939. The molecule has 0 aromatic rings. The molecule has 374 valence electrons. The van der Waals surface area contributed by atoms with Crippen molar-refractivity contribution >= 4 is 11.9 Å².